The van der Waals surface area contributed by atoms with Crippen molar-refractivity contribution in [3.05, 3.63) is 65.5 Å². The quantitative estimate of drug-likeness (QED) is 0.367. The van der Waals surface area contributed by atoms with Crippen molar-refractivity contribution in [2.24, 2.45) is 10.9 Å². The van der Waals surface area contributed by atoms with Crippen LogP contribution in [-0.4, -0.2) is 34.5 Å². The summed E-state index contributed by atoms with van der Waals surface area (Å²) in [7, 11) is 2.08. The Labute approximate surface area is 124 Å². The zero-order chi connectivity index (χ0) is 15.1. The van der Waals surface area contributed by atoms with Crippen LogP contribution >= 0.6 is 0 Å². The molecule has 0 atom stereocenters. The van der Waals surface area contributed by atoms with Crippen LogP contribution in [0.2, 0.25) is 0 Å². The monoisotopic (exact) mass is 284 g/mol. The number of pyridine rings is 1. The Morgan fingerprint density at radius 3 is 2.81 bits per heavy atom. The first kappa shape index (κ1) is 15.0. The van der Waals surface area contributed by atoms with E-state index in [0.717, 1.165) is 30.6 Å². The number of hydrogen-bond acceptors (Lipinski definition) is 4. The SMILES string of the molecule is CN(CCc1cccnc1)Cc1cccc(C(N)=NO)c1. The van der Waals surface area contributed by atoms with Crippen LogP contribution < -0.4 is 5.73 Å². The van der Waals surface area contributed by atoms with Gasteiger partial charge in [0.2, 0.25) is 0 Å². The molecule has 5 nitrogen and oxygen atoms in total. The van der Waals surface area contributed by atoms with Crippen molar-refractivity contribution in [2.45, 2.75) is 13.0 Å². The minimum Gasteiger partial charge on any atom is -0.409 e. The summed E-state index contributed by atoms with van der Waals surface area (Å²) in [4.78, 5) is 6.35. The summed E-state index contributed by atoms with van der Waals surface area (Å²) < 4.78 is 0. The molecule has 0 aliphatic carbocycles. The Hall–Kier alpha value is -2.40. The molecule has 1 heterocycles. The van der Waals surface area contributed by atoms with Crippen LogP contribution in [0.5, 0.6) is 0 Å². The Morgan fingerprint density at radius 2 is 2.10 bits per heavy atom. The molecule has 0 amide bonds. The van der Waals surface area contributed by atoms with Gasteiger partial charge in [-0.05, 0) is 36.7 Å². The normalized spacial score (nSPS) is 11.8. The van der Waals surface area contributed by atoms with Gasteiger partial charge >= 0.3 is 0 Å². The van der Waals surface area contributed by atoms with Crippen LogP contribution in [0.25, 0.3) is 0 Å². The molecule has 0 fully saturated rings. The van der Waals surface area contributed by atoms with E-state index in [-0.39, 0.29) is 5.84 Å². The van der Waals surface area contributed by atoms with Gasteiger partial charge in [-0.1, -0.05) is 29.4 Å². The predicted molar refractivity (Wildman–Crippen MR) is 83.2 cm³/mol. The Balaban J connectivity index is 1.92. The molecular formula is C16H20N4O. The molecule has 110 valence electrons. The smallest absolute Gasteiger partial charge is 0.170 e. The fourth-order valence-corrected chi connectivity index (χ4v) is 2.14. The summed E-state index contributed by atoms with van der Waals surface area (Å²) in [5.74, 6) is 0.134. The molecule has 0 saturated carbocycles. The lowest BCUT2D eigenvalue weighted by Crippen LogP contribution is -2.21. The molecule has 0 radical (unpaired) electrons. The Bertz CT molecular complexity index is 598. The molecule has 2 rings (SSSR count). The van der Waals surface area contributed by atoms with Gasteiger partial charge in [-0.25, -0.2) is 0 Å². The number of nitrogens with two attached hydrogens (primary N) is 1. The maximum Gasteiger partial charge on any atom is 0.170 e. The van der Waals surface area contributed by atoms with Crippen LogP contribution in [0.1, 0.15) is 16.7 Å². The lowest BCUT2D eigenvalue weighted by atomic mass is 10.1. The zero-order valence-corrected chi connectivity index (χ0v) is 12.1. The predicted octanol–water partition coefficient (Wildman–Crippen LogP) is 1.85. The van der Waals surface area contributed by atoms with Gasteiger partial charge in [0.05, 0.1) is 0 Å². The standard InChI is InChI=1S/C16H20N4O/c1-20(9-7-13-5-3-8-18-11-13)12-14-4-2-6-15(10-14)16(17)19-21/h2-6,8,10-11,21H,7,9,12H2,1H3,(H2,17,19). The second-order valence-corrected chi connectivity index (χ2v) is 5.03. The van der Waals surface area contributed by atoms with E-state index in [9.17, 15) is 0 Å². The highest BCUT2D eigenvalue weighted by Gasteiger charge is 2.04. The van der Waals surface area contributed by atoms with Crippen LogP contribution in [-0.2, 0) is 13.0 Å². The number of nitrogens with zero attached hydrogens (tertiary/aromatic N) is 3. The van der Waals surface area contributed by atoms with Gasteiger partial charge in [0.25, 0.3) is 0 Å². The van der Waals surface area contributed by atoms with Crippen LogP contribution in [0.3, 0.4) is 0 Å². The maximum atomic E-state index is 8.72. The highest BCUT2D eigenvalue weighted by molar-refractivity contribution is 5.97. The van der Waals surface area contributed by atoms with Crippen LogP contribution in [0.4, 0.5) is 0 Å². The molecule has 3 N–H and O–H groups in total. The first-order valence-corrected chi connectivity index (χ1v) is 6.83. The number of benzene rings is 1. The van der Waals surface area contributed by atoms with Gasteiger partial charge in [0.1, 0.15) is 0 Å². The van der Waals surface area contributed by atoms with Crippen molar-refractivity contribution >= 4 is 5.84 Å². The Kier molecular flexibility index (Phi) is 5.29. The molecule has 0 spiro atoms. The molecule has 1 aromatic carbocycles. The van der Waals surface area contributed by atoms with Crippen LogP contribution in [0.15, 0.2) is 53.9 Å². The highest BCUT2D eigenvalue weighted by atomic mass is 16.4. The van der Waals surface area contributed by atoms with Crippen molar-refractivity contribution in [3.8, 4) is 0 Å². The van der Waals surface area contributed by atoms with Gasteiger partial charge in [0, 0.05) is 31.0 Å². The van der Waals surface area contributed by atoms with E-state index >= 15 is 0 Å². The summed E-state index contributed by atoms with van der Waals surface area (Å²) >= 11 is 0. The molecule has 0 unspecified atom stereocenters. The number of amidine groups is 1. The van der Waals surface area contributed by atoms with E-state index in [0.29, 0.717) is 0 Å². The molecule has 0 bridgehead atoms. The molecule has 5 heteroatoms. The molecule has 1 aromatic heterocycles. The first-order chi connectivity index (χ1) is 10.2. The summed E-state index contributed by atoms with van der Waals surface area (Å²) in [6.07, 6.45) is 4.64. The minimum atomic E-state index is 0.134. The van der Waals surface area contributed by atoms with E-state index in [1.54, 1.807) is 6.20 Å². The largest absolute Gasteiger partial charge is 0.409 e. The van der Waals surface area contributed by atoms with Gasteiger partial charge in [-0.2, -0.15) is 0 Å². The van der Waals surface area contributed by atoms with E-state index in [2.05, 4.69) is 28.2 Å². The summed E-state index contributed by atoms with van der Waals surface area (Å²) in [5, 5.41) is 11.7. The fraction of sp³-hybridized carbons (Fsp3) is 0.250. The first-order valence-electron chi connectivity index (χ1n) is 6.83. The molecule has 0 aliphatic rings. The molecule has 0 aliphatic heterocycles. The van der Waals surface area contributed by atoms with Crippen molar-refractivity contribution in [1.82, 2.24) is 9.88 Å². The summed E-state index contributed by atoms with van der Waals surface area (Å²) in [5.41, 5.74) is 8.70. The van der Waals surface area contributed by atoms with E-state index in [1.807, 2.05) is 36.5 Å². The van der Waals surface area contributed by atoms with Gasteiger partial charge in [-0.15, -0.1) is 0 Å². The van der Waals surface area contributed by atoms with E-state index in [4.69, 9.17) is 10.9 Å². The van der Waals surface area contributed by atoms with Gasteiger partial charge in [0.15, 0.2) is 5.84 Å². The third kappa shape index (κ3) is 4.57. The number of rotatable bonds is 6. The van der Waals surface area contributed by atoms with Crippen molar-refractivity contribution in [1.29, 1.82) is 0 Å². The Morgan fingerprint density at radius 1 is 1.29 bits per heavy atom. The van der Waals surface area contributed by atoms with Crippen molar-refractivity contribution in [2.75, 3.05) is 13.6 Å². The number of likely N-dealkylation sites (N-methyl/N-ethyl adjacent to an activating group) is 1. The summed E-state index contributed by atoms with van der Waals surface area (Å²) in [6.45, 7) is 1.76. The van der Waals surface area contributed by atoms with Crippen LogP contribution in [0, 0.1) is 0 Å². The molecular weight excluding hydrogens is 264 g/mol. The maximum absolute atomic E-state index is 8.72. The second-order valence-electron chi connectivity index (χ2n) is 5.03. The van der Waals surface area contributed by atoms with Crippen molar-refractivity contribution < 1.29 is 5.21 Å². The molecule has 21 heavy (non-hydrogen) atoms. The topological polar surface area (TPSA) is 74.7 Å². The average molecular weight is 284 g/mol. The minimum absolute atomic E-state index is 0.134. The van der Waals surface area contributed by atoms with Gasteiger partial charge in [-0.3, -0.25) is 4.98 Å². The lowest BCUT2D eigenvalue weighted by molar-refractivity contribution is 0.318. The summed E-state index contributed by atoms with van der Waals surface area (Å²) in [6, 6.07) is 11.8. The van der Waals surface area contributed by atoms with Crippen molar-refractivity contribution in [3.63, 3.8) is 0 Å². The third-order valence-corrected chi connectivity index (χ3v) is 3.29. The number of aromatic nitrogens is 1. The number of oxime groups is 1. The van der Waals surface area contributed by atoms with E-state index < -0.39 is 0 Å². The average Bonchev–Trinajstić information content (AvgIpc) is 2.53. The number of hydrogen-bond donors (Lipinski definition) is 2. The second kappa shape index (κ2) is 7.40. The molecule has 0 saturated heterocycles. The van der Waals surface area contributed by atoms with Gasteiger partial charge < -0.3 is 15.8 Å². The molecule has 2 aromatic rings. The highest BCUT2D eigenvalue weighted by Crippen LogP contribution is 2.08. The third-order valence-electron chi connectivity index (χ3n) is 3.29. The fourth-order valence-electron chi connectivity index (χ4n) is 2.14. The zero-order valence-electron chi connectivity index (χ0n) is 12.1. The lowest BCUT2D eigenvalue weighted by Gasteiger charge is -2.17. The van der Waals surface area contributed by atoms with E-state index in [1.165, 1.54) is 5.56 Å².